The summed E-state index contributed by atoms with van der Waals surface area (Å²) in [4.78, 5) is 8.31. The molecule has 1 aliphatic carbocycles. The van der Waals surface area contributed by atoms with E-state index < -0.39 is 0 Å². The molecule has 0 spiro atoms. The van der Waals surface area contributed by atoms with E-state index in [1.807, 2.05) is 18.4 Å². The minimum absolute atomic E-state index is 0.347. The van der Waals surface area contributed by atoms with Crippen LogP contribution in [-0.2, 0) is 0 Å². The van der Waals surface area contributed by atoms with E-state index in [0.717, 1.165) is 17.1 Å². The molecule has 2 N–H and O–H groups in total. The van der Waals surface area contributed by atoms with Crippen LogP contribution in [0, 0.1) is 0 Å². The molecule has 0 saturated heterocycles. The van der Waals surface area contributed by atoms with Crippen molar-refractivity contribution in [2.24, 2.45) is 0 Å². The van der Waals surface area contributed by atoms with Crippen molar-refractivity contribution in [2.45, 2.75) is 11.4 Å². The second-order valence-electron chi connectivity index (χ2n) is 2.98. The van der Waals surface area contributed by atoms with E-state index >= 15 is 0 Å². The highest BCUT2D eigenvalue weighted by Crippen LogP contribution is 2.24. The van der Waals surface area contributed by atoms with E-state index in [1.165, 1.54) is 5.57 Å². The van der Waals surface area contributed by atoms with Crippen LogP contribution in [0.3, 0.4) is 0 Å². The smallest absolute Gasteiger partial charge is 0.221 e. The SMILES string of the molecule is CSc1cc(C2=CC=CC2)nc(N)n1. The van der Waals surface area contributed by atoms with Crippen molar-refractivity contribution in [2.75, 3.05) is 12.0 Å². The summed E-state index contributed by atoms with van der Waals surface area (Å²) in [7, 11) is 0. The lowest BCUT2D eigenvalue weighted by Crippen LogP contribution is -1.99. The Labute approximate surface area is 87.1 Å². The van der Waals surface area contributed by atoms with Gasteiger partial charge in [0.25, 0.3) is 0 Å². The second-order valence-corrected chi connectivity index (χ2v) is 3.80. The lowest BCUT2D eigenvalue weighted by Gasteiger charge is -2.04. The Kier molecular flexibility index (Phi) is 2.54. The van der Waals surface area contributed by atoms with Crippen LogP contribution >= 0.6 is 11.8 Å². The predicted molar refractivity (Wildman–Crippen MR) is 60.0 cm³/mol. The number of rotatable bonds is 2. The standard InChI is InChI=1S/C10H11N3S/c1-14-9-6-8(12-10(11)13-9)7-4-2-3-5-7/h2-4,6H,5H2,1H3,(H2,11,12,13). The first-order valence-electron chi connectivity index (χ1n) is 4.34. The zero-order chi connectivity index (χ0) is 9.97. The minimum atomic E-state index is 0.347. The fourth-order valence-electron chi connectivity index (χ4n) is 1.35. The van der Waals surface area contributed by atoms with Crippen LogP contribution in [0.15, 0.2) is 29.3 Å². The highest BCUT2D eigenvalue weighted by atomic mass is 32.2. The summed E-state index contributed by atoms with van der Waals surface area (Å²) in [5.41, 5.74) is 7.76. The molecular weight excluding hydrogens is 194 g/mol. The maximum absolute atomic E-state index is 5.62. The first-order valence-corrected chi connectivity index (χ1v) is 5.56. The summed E-state index contributed by atoms with van der Waals surface area (Å²) in [6.45, 7) is 0. The topological polar surface area (TPSA) is 51.8 Å². The van der Waals surface area contributed by atoms with Crippen molar-refractivity contribution >= 4 is 23.3 Å². The van der Waals surface area contributed by atoms with Gasteiger partial charge in [0, 0.05) is 0 Å². The molecule has 0 aliphatic heterocycles. The van der Waals surface area contributed by atoms with Gasteiger partial charge in [-0.05, 0) is 24.3 Å². The van der Waals surface area contributed by atoms with Gasteiger partial charge < -0.3 is 5.73 Å². The van der Waals surface area contributed by atoms with E-state index in [0.29, 0.717) is 5.95 Å². The third-order valence-corrected chi connectivity index (χ3v) is 2.66. The Morgan fingerprint density at radius 3 is 2.93 bits per heavy atom. The Morgan fingerprint density at radius 2 is 2.29 bits per heavy atom. The van der Waals surface area contributed by atoms with Crippen LogP contribution in [0.25, 0.3) is 5.57 Å². The third kappa shape index (κ3) is 1.80. The highest BCUT2D eigenvalue weighted by molar-refractivity contribution is 7.98. The van der Waals surface area contributed by atoms with Crippen LogP contribution < -0.4 is 5.73 Å². The molecule has 1 aliphatic rings. The average Bonchev–Trinajstić information content (AvgIpc) is 2.69. The molecule has 4 heteroatoms. The first-order chi connectivity index (χ1) is 6.79. The van der Waals surface area contributed by atoms with Gasteiger partial charge in [-0.15, -0.1) is 11.8 Å². The Balaban J connectivity index is 2.38. The molecule has 3 nitrogen and oxygen atoms in total. The molecule has 0 bridgehead atoms. The van der Waals surface area contributed by atoms with Gasteiger partial charge in [-0.1, -0.05) is 18.2 Å². The van der Waals surface area contributed by atoms with Crippen LogP contribution in [0.1, 0.15) is 12.1 Å². The number of hydrogen-bond donors (Lipinski definition) is 1. The van der Waals surface area contributed by atoms with Crippen LogP contribution in [-0.4, -0.2) is 16.2 Å². The quantitative estimate of drug-likeness (QED) is 0.593. The van der Waals surface area contributed by atoms with E-state index in [9.17, 15) is 0 Å². The maximum Gasteiger partial charge on any atom is 0.221 e. The summed E-state index contributed by atoms with van der Waals surface area (Å²) >= 11 is 1.58. The van der Waals surface area contributed by atoms with Gasteiger partial charge in [-0.25, -0.2) is 9.97 Å². The number of nitrogen functional groups attached to an aromatic ring is 1. The molecule has 0 saturated carbocycles. The number of anilines is 1. The Bertz CT molecular complexity index is 410. The van der Waals surface area contributed by atoms with Gasteiger partial charge in [0.15, 0.2) is 0 Å². The van der Waals surface area contributed by atoms with E-state index in [4.69, 9.17) is 5.73 Å². The van der Waals surface area contributed by atoms with E-state index in [-0.39, 0.29) is 0 Å². The molecule has 1 aromatic heterocycles. The van der Waals surface area contributed by atoms with Crippen molar-refractivity contribution in [1.29, 1.82) is 0 Å². The zero-order valence-corrected chi connectivity index (χ0v) is 8.71. The van der Waals surface area contributed by atoms with Gasteiger partial charge in [-0.2, -0.15) is 0 Å². The molecule has 0 atom stereocenters. The van der Waals surface area contributed by atoms with Crippen LogP contribution in [0.5, 0.6) is 0 Å². The number of aromatic nitrogens is 2. The fourth-order valence-corrected chi connectivity index (χ4v) is 1.76. The Hall–Kier alpha value is -1.29. The first kappa shape index (κ1) is 9.27. The molecule has 0 unspecified atom stereocenters. The van der Waals surface area contributed by atoms with Gasteiger partial charge in [-0.3, -0.25) is 0 Å². The minimum Gasteiger partial charge on any atom is -0.368 e. The number of nitrogens with zero attached hydrogens (tertiary/aromatic N) is 2. The summed E-state index contributed by atoms with van der Waals surface area (Å²) < 4.78 is 0. The van der Waals surface area contributed by atoms with Gasteiger partial charge in [0.2, 0.25) is 5.95 Å². The second kappa shape index (κ2) is 3.84. The lowest BCUT2D eigenvalue weighted by molar-refractivity contribution is 1.05. The van der Waals surface area contributed by atoms with Crippen molar-refractivity contribution in [3.05, 3.63) is 30.0 Å². The molecule has 1 aromatic rings. The van der Waals surface area contributed by atoms with Gasteiger partial charge >= 0.3 is 0 Å². The number of thioether (sulfide) groups is 1. The molecule has 0 amide bonds. The van der Waals surface area contributed by atoms with E-state index in [2.05, 4.69) is 22.1 Å². The normalized spacial score (nSPS) is 14.5. The van der Waals surface area contributed by atoms with Crippen LogP contribution in [0.2, 0.25) is 0 Å². The predicted octanol–water partition coefficient (Wildman–Crippen LogP) is 2.12. The molecule has 0 aromatic carbocycles. The van der Waals surface area contributed by atoms with Crippen molar-refractivity contribution in [3.8, 4) is 0 Å². The molecule has 0 fully saturated rings. The monoisotopic (exact) mass is 205 g/mol. The van der Waals surface area contributed by atoms with Gasteiger partial charge in [0.1, 0.15) is 5.03 Å². The summed E-state index contributed by atoms with van der Waals surface area (Å²) in [5.74, 6) is 0.347. The molecule has 0 radical (unpaired) electrons. The lowest BCUT2D eigenvalue weighted by atomic mass is 10.1. The number of nitrogens with two attached hydrogens (primary N) is 1. The highest BCUT2D eigenvalue weighted by Gasteiger charge is 2.07. The summed E-state index contributed by atoms with van der Waals surface area (Å²) in [6, 6.07) is 1.97. The van der Waals surface area contributed by atoms with E-state index in [1.54, 1.807) is 11.8 Å². The van der Waals surface area contributed by atoms with Crippen molar-refractivity contribution < 1.29 is 0 Å². The summed E-state index contributed by atoms with van der Waals surface area (Å²) in [6.07, 6.45) is 9.11. The molecule has 14 heavy (non-hydrogen) atoms. The average molecular weight is 205 g/mol. The molecular formula is C10H11N3S. The fraction of sp³-hybridized carbons (Fsp3) is 0.200. The summed E-state index contributed by atoms with van der Waals surface area (Å²) in [5, 5.41) is 0.917. The van der Waals surface area contributed by atoms with Crippen LogP contribution in [0.4, 0.5) is 5.95 Å². The zero-order valence-electron chi connectivity index (χ0n) is 7.90. The number of hydrogen-bond acceptors (Lipinski definition) is 4. The Morgan fingerprint density at radius 1 is 1.43 bits per heavy atom. The maximum atomic E-state index is 5.62. The molecule has 72 valence electrons. The third-order valence-electron chi connectivity index (χ3n) is 2.03. The number of allylic oxidation sites excluding steroid dienone is 4. The molecule has 2 rings (SSSR count). The van der Waals surface area contributed by atoms with Gasteiger partial charge in [0.05, 0.1) is 5.69 Å². The molecule has 1 heterocycles. The largest absolute Gasteiger partial charge is 0.368 e. The van der Waals surface area contributed by atoms with Crippen molar-refractivity contribution in [1.82, 2.24) is 9.97 Å². The van der Waals surface area contributed by atoms with Crippen molar-refractivity contribution in [3.63, 3.8) is 0 Å².